The minimum atomic E-state index is -0.151. The number of rotatable bonds is 4. The Bertz CT molecular complexity index is 550. The molecule has 2 aliphatic rings. The van der Waals surface area contributed by atoms with Gasteiger partial charge in [-0.1, -0.05) is 30.3 Å². The minimum absolute atomic E-state index is 0.134. The molecule has 0 aliphatic carbocycles. The molecule has 132 valence electrons. The smallest absolute Gasteiger partial charge is 0.249 e. The predicted molar refractivity (Wildman–Crippen MR) is 95.9 cm³/mol. The number of carbonyl (C=O) groups excluding carboxylic acids is 1. The third-order valence-electron chi connectivity index (χ3n) is 5.77. The molecule has 2 aliphatic heterocycles. The van der Waals surface area contributed by atoms with E-state index in [-0.39, 0.29) is 30.2 Å². The molecule has 2 heterocycles. The van der Waals surface area contributed by atoms with Gasteiger partial charge < -0.3 is 14.5 Å². The maximum absolute atomic E-state index is 12.2. The molecule has 4 nitrogen and oxygen atoms in total. The highest BCUT2D eigenvalue weighted by molar-refractivity contribution is 5.79. The van der Waals surface area contributed by atoms with Crippen molar-refractivity contribution in [1.82, 2.24) is 9.80 Å². The number of carbonyl (C=O) groups is 1. The van der Waals surface area contributed by atoms with Crippen molar-refractivity contribution in [2.45, 2.75) is 57.7 Å². The zero-order chi connectivity index (χ0) is 17.2. The summed E-state index contributed by atoms with van der Waals surface area (Å²) < 4.78 is 6.10. The Morgan fingerprint density at radius 1 is 1.21 bits per heavy atom. The fourth-order valence-corrected chi connectivity index (χ4v) is 4.25. The topological polar surface area (TPSA) is 32.8 Å². The van der Waals surface area contributed by atoms with E-state index < -0.39 is 0 Å². The lowest BCUT2D eigenvalue weighted by Gasteiger charge is -2.52. The van der Waals surface area contributed by atoms with Crippen molar-refractivity contribution < 1.29 is 9.53 Å². The summed E-state index contributed by atoms with van der Waals surface area (Å²) in [5.41, 5.74) is 1.25. The summed E-state index contributed by atoms with van der Waals surface area (Å²) >= 11 is 0. The van der Waals surface area contributed by atoms with Gasteiger partial charge in [-0.15, -0.1) is 0 Å². The number of piperidine rings is 1. The van der Waals surface area contributed by atoms with Crippen LogP contribution in [0.3, 0.4) is 0 Å². The van der Waals surface area contributed by atoms with Crippen LogP contribution < -0.4 is 0 Å². The number of ether oxygens (including phenoxy) is 1. The van der Waals surface area contributed by atoms with Crippen molar-refractivity contribution in [3.8, 4) is 0 Å². The van der Waals surface area contributed by atoms with E-state index in [4.69, 9.17) is 4.74 Å². The molecule has 3 rings (SSSR count). The van der Waals surface area contributed by atoms with Crippen molar-refractivity contribution in [3.63, 3.8) is 0 Å². The number of nitrogens with zero attached hydrogens (tertiary/aromatic N) is 2. The van der Waals surface area contributed by atoms with Crippen LogP contribution in [0.1, 0.15) is 39.2 Å². The number of morpholine rings is 1. The Hall–Kier alpha value is -1.39. The van der Waals surface area contributed by atoms with E-state index in [0.717, 1.165) is 38.9 Å². The maximum atomic E-state index is 12.2. The van der Waals surface area contributed by atoms with Crippen LogP contribution in [0.15, 0.2) is 30.3 Å². The zero-order valence-electron chi connectivity index (χ0n) is 15.2. The van der Waals surface area contributed by atoms with Gasteiger partial charge in [0.05, 0.1) is 11.6 Å². The SMILES string of the molecule is CC(C)N1C(=O)COC2(CCN(CCc3ccccc3)CC2)C1C. The van der Waals surface area contributed by atoms with Gasteiger partial charge in [0.15, 0.2) is 0 Å². The van der Waals surface area contributed by atoms with Crippen molar-refractivity contribution >= 4 is 5.91 Å². The Morgan fingerprint density at radius 3 is 2.50 bits per heavy atom. The van der Waals surface area contributed by atoms with Crippen LogP contribution in [0.25, 0.3) is 0 Å². The zero-order valence-corrected chi connectivity index (χ0v) is 15.2. The van der Waals surface area contributed by atoms with E-state index in [0.29, 0.717) is 0 Å². The minimum Gasteiger partial charge on any atom is -0.363 e. The molecule has 1 unspecified atom stereocenters. The van der Waals surface area contributed by atoms with Crippen LogP contribution in [-0.2, 0) is 16.0 Å². The summed E-state index contributed by atoms with van der Waals surface area (Å²) in [6.45, 7) is 9.81. The van der Waals surface area contributed by atoms with Crippen LogP contribution in [0.4, 0.5) is 0 Å². The number of benzene rings is 1. The van der Waals surface area contributed by atoms with Gasteiger partial charge >= 0.3 is 0 Å². The molecular weight excluding hydrogens is 300 g/mol. The van der Waals surface area contributed by atoms with E-state index in [2.05, 4.69) is 56.0 Å². The van der Waals surface area contributed by atoms with Crippen molar-refractivity contribution in [2.24, 2.45) is 0 Å². The summed E-state index contributed by atoms with van der Waals surface area (Å²) in [6.07, 6.45) is 3.12. The van der Waals surface area contributed by atoms with E-state index in [9.17, 15) is 4.79 Å². The first-order chi connectivity index (χ1) is 11.5. The second kappa shape index (κ2) is 7.24. The van der Waals surface area contributed by atoms with E-state index in [1.807, 2.05) is 4.90 Å². The second-order valence-corrected chi connectivity index (χ2v) is 7.50. The number of hydrogen-bond acceptors (Lipinski definition) is 3. The molecule has 0 N–H and O–H groups in total. The van der Waals surface area contributed by atoms with Gasteiger partial charge in [0.2, 0.25) is 5.91 Å². The first kappa shape index (κ1) is 17.4. The monoisotopic (exact) mass is 330 g/mol. The molecule has 2 fully saturated rings. The third-order valence-corrected chi connectivity index (χ3v) is 5.77. The lowest BCUT2D eigenvalue weighted by atomic mass is 9.82. The van der Waals surface area contributed by atoms with Crippen LogP contribution in [-0.4, -0.2) is 59.6 Å². The quantitative estimate of drug-likeness (QED) is 0.851. The molecule has 1 aromatic carbocycles. The Morgan fingerprint density at radius 2 is 1.88 bits per heavy atom. The van der Waals surface area contributed by atoms with Crippen molar-refractivity contribution in [1.29, 1.82) is 0 Å². The Labute approximate surface area is 145 Å². The predicted octanol–water partition coefficient (Wildman–Crippen LogP) is 2.72. The van der Waals surface area contributed by atoms with Crippen LogP contribution in [0.5, 0.6) is 0 Å². The van der Waals surface area contributed by atoms with Gasteiger partial charge in [0.25, 0.3) is 0 Å². The fourth-order valence-electron chi connectivity index (χ4n) is 4.25. The van der Waals surface area contributed by atoms with Crippen LogP contribution >= 0.6 is 0 Å². The molecule has 0 radical (unpaired) electrons. The number of amides is 1. The highest BCUT2D eigenvalue weighted by Crippen LogP contribution is 2.36. The van der Waals surface area contributed by atoms with Crippen molar-refractivity contribution in [3.05, 3.63) is 35.9 Å². The molecular formula is C20H30N2O2. The molecule has 0 bridgehead atoms. The van der Waals surface area contributed by atoms with Gasteiger partial charge in [-0.3, -0.25) is 4.79 Å². The standard InChI is InChI=1S/C20H30N2O2/c1-16(2)22-17(3)20(24-15-19(22)23)10-13-21(14-11-20)12-9-18-7-5-4-6-8-18/h4-8,16-17H,9-15H2,1-3H3. The van der Waals surface area contributed by atoms with Crippen LogP contribution in [0, 0.1) is 0 Å². The molecule has 24 heavy (non-hydrogen) atoms. The van der Waals surface area contributed by atoms with Gasteiger partial charge in [-0.25, -0.2) is 0 Å². The largest absolute Gasteiger partial charge is 0.363 e. The van der Waals surface area contributed by atoms with Crippen LogP contribution in [0.2, 0.25) is 0 Å². The first-order valence-corrected chi connectivity index (χ1v) is 9.23. The molecule has 1 spiro atoms. The highest BCUT2D eigenvalue weighted by Gasteiger charge is 2.48. The third kappa shape index (κ3) is 3.50. The lowest BCUT2D eigenvalue weighted by Crippen LogP contribution is -2.65. The summed E-state index contributed by atoms with van der Waals surface area (Å²) in [4.78, 5) is 16.7. The number of likely N-dealkylation sites (tertiary alicyclic amines) is 1. The number of hydrogen-bond donors (Lipinski definition) is 0. The average molecular weight is 330 g/mol. The molecule has 0 aromatic heterocycles. The van der Waals surface area contributed by atoms with Crippen molar-refractivity contribution in [2.75, 3.05) is 26.2 Å². The summed E-state index contributed by atoms with van der Waals surface area (Å²) in [6, 6.07) is 11.1. The molecule has 2 saturated heterocycles. The molecule has 0 saturated carbocycles. The Balaban J connectivity index is 1.56. The van der Waals surface area contributed by atoms with Gasteiger partial charge in [0.1, 0.15) is 6.61 Å². The van der Waals surface area contributed by atoms with Gasteiger partial charge in [-0.2, -0.15) is 0 Å². The summed E-state index contributed by atoms with van der Waals surface area (Å²) in [5, 5.41) is 0. The summed E-state index contributed by atoms with van der Waals surface area (Å²) in [7, 11) is 0. The average Bonchev–Trinajstić information content (AvgIpc) is 2.59. The summed E-state index contributed by atoms with van der Waals surface area (Å²) in [5.74, 6) is 0.134. The van der Waals surface area contributed by atoms with E-state index >= 15 is 0 Å². The van der Waals surface area contributed by atoms with Gasteiger partial charge in [-0.05, 0) is 45.6 Å². The normalized spacial score (nSPS) is 24.8. The maximum Gasteiger partial charge on any atom is 0.249 e. The second-order valence-electron chi connectivity index (χ2n) is 7.50. The first-order valence-electron chi connectivity index (χ1n) is 9.23. The Kier molecular flexibility index (Phi) is 5.26. The molecule has 1 amide bonds. The lowest BCUT2D eigenvalue weighted by molar-refractivity contribution is -0.190. The molecule has 1 atom stereocenters. The molecule has 1 aromatic rings. The fraction of sp³-hybridized carbons (Fsp3) is 0.650. The highest BCUT2D eigenvalue weighted by atomic mass is 16.5. The molecule has 4 heteroatoms. The van der Waals surface area contributed by atoms with E-state index in [1.54, 1.807) is 0 Å². The van der Waals surface area contributed by atoms with E-state index in [1.165, 1.54) is 5.56 Å². The van der Waals surface area contributed by atoms with Gasteiger partial charge in [0, 0.05) is 25.7 Å².